The summed E-state index contributed by atoms with van der Waals surface area (Å²) >= 11 is 6.18. The van der Waals surface area contributed by atoms with Gasteiger partial charge in [0.1, 0.15) is 5.69 Å². The van der Waals surface area contributed by atoms with Crippen molar-refractivity contribution in [3.8, 4) is 11.3 Å². The van der Waals surface area contributed by atoms with E-state index >= 15 is 0 Å². The minimum Gasteiger partial charge on any atom is -0.347 e. The molecule has 0 atom stereocenters. The third-order valence-electron chi connectivity index (χ3n) is 4.75. The van der Waals surface area contributed by atoms with Gasteiger partial charge >= 0.3 is 0 Å². The Morgan fingerprint density at radius 2 is 1.96 bits per heavy atom. The van der Waals surface area contributed by atoms with Crippen LogP contribution in [0.3, 0.4) is 0 Å². The molecular formula is C21H19ClN4O2. The van der Waals surface area contributed by atoms with E-state index in [0.717, 1.165) is 29.8 Å². The first kappa shape index (κ1) is 18.3. The van der Waals surface area contributed by atoms with Crippen LogP contribution in [0.15, 0.2) is 54.6 Å². The van der Waals surface area contributed by atoms with Gasteiger partial charge < -0.3 is 10.2 Å². The minimum atomic E-state index is -0.246. The molecular weight excluding hydrogens is 376 g/mol. The molecule has 0 radical (unpaired) electrons. The number of halogens is 1. The van der Waals surface area contributed by atoms with Crippen molar-refractivity contribution in [1.82, 2.24) is 15.5 Å². The number of nitrogens with one attached hydrogen (secondary N) is 2. The van der Waals surface area contributed by atoms with Crippen molar-refractivity contribution in [2.75, 3.05) is 11.4 Å². The number of aromatic nitrogens is 2. The standard InChI is InChI=1S/C21H19ClN4O2/c22-17-5-2-1-4-16(17)18-12-19(25-24-18)21(28)23-13-14-7-9-15(10-8-14)26-11-3-6-20(26)27/h1-2,4-5,7-10,12H,3,6,11,13H2,(H,23,28)(H,24,25). The maximum Gasteiger partial charge on any atom is 0.269 e. The fourth-order valence-corrected chi connectivity index (χ4v) is 3.47. The number of rotatable bonds is 5. The highest BCUT2D eigenvalue weighted by Gasteiger charge is 2.21. The van der Waals surface area contributed by atoms with E-state index in [0.29, 0.717) is 29.4 Å². The van der Waals surface area contributed by atoms with Crippen LogP contribution in [-0.2, 0) is 11.3 Å². The summed E-state index contributed by atoms with van der Waals surface area (Å²) in [4.78, 5) is 26.0. The maximum atomic E-state index is 12.4. The predicted octanol–water partition coefficient (Wildman–Crippen LogP) is 3.79. The molecule has 28 heavy (non-hydrogen) atoms. The Morgan fingerprint density at radius 1 is 1.18 bits per heavy atom. The molecule has 142 valence electrons. The van der Waals surface area contributed by atoms with Gasteiger partial charge in [0, 0.05) is 30.8 Å². The number of anilines is 1. The van der Waals surface area contributed by atoms with E-state index in [1.165, 1.54) is 0 Å². The average Bonchev–Trinajstić information content (AvgIpc) is 3.36. The van der Waals surface area contributed by atoms with Gasteiger partial charge in [-0.2, -0.15) is 5.10 Å². The third kappa shape index (κ3) is 3.77. The molecule has 4 rings (SSSR count). The number of hydrogen-bond donors (Lipinski definition) is 2. The number of benzene rings is 2. The first-order chi connectivity index (χ1) is 13.6. The zero-order chi connectivity index (χ0) is 19.5. The van der Waals surface area contributed by atoms with Gasteiger partial charge in [0.15, 0.2) is 0 Å². The van der Waals surface area contributed by atoms with Crippen LogP contribution < -0.4 is 10.2 Å². The largest absolute Gasteiger partial charge is 0.347 e. The SMILES string of the molecule is O=C(NCc1ccc(N2CCCC2=O)cc1)c1cc(-c2ccccc2Cl)n[nH]1. The maximum absolute atomic E-state index is 12.4. The molecule has 2 amide bonds. The van der Waals surface area contributed by atoms with Gasteiger partial charge in [0.25, 0.3) is 5.91 Å². The molecule has 0 aliphatic carbocycles. The molecule has 7 heteroatoms. The smallest absolute Gasteiger partial charge is 0.269 e. The number of amides is 2. The van der Waals surface area contributed by atoms with Gasteiger partial charge in [0.05, 0.1) is 10.7 Å². The number of carbonyl (C=O) groups is 2. The third-order valence-corrected chi connectivity index (χ3v) is 5.08. The summed E-state index contributed by atoms with van der Waals surface area (Å²) in [6.45, 7) is 1.15. The number of nitrogens with zero attached hydrogens (tertiary/aromatic N) is 2. The molecule has 3 aromatic rings. The second-order valence-corrected chi connectivity index (χ2v) is 7.05. The molecule has 1 fully saturated rings. The number of carbonyl (C=O) groups excluding carboxylic acids is 2. The highest BCUT2D eigenvalue weighted by Crippen LogP contribution is 2.26. The molecule has 0 saturated carbocycles. The fourth-order valence-electron chi connectivity index (χ4n) is 3.24. The van der Waals surface area contributed by atoms with Crippen molar-refractivity contribution >= 4 is 29.1 Å². The summed E-state index contributed by atoms with van der Waals surface area (Å²) in [7, 11) is 0. The lowest BCUT2D eigenvalue weighted by Crippen LogP contribution is -2.24. The lowest BCUT2D eigenvalue weighted by Gasteiger charge is -2.16. The molecule has 6 nitrogen and oxygen atoms in total. The molecule has 1 aliphatic rings. The predicted molar refractivity (Wildman–Crippen MR) is 108 cm³/mol. The summed E-state index contributed by atoms with van der Waals surface area (Å²) in [5, 5.41) is 10.4. The van der Waals surface area contributed by atoms with Crippen LogP contribution in [-0.4, -0.2) is 28.6 Å². The molecule has 1 aromatic heterocycles. The van der Waals surface area contributed by atoms with Gasteiger partial charge in [-0.1, -0.05) is 41.9 Å². The molecule has 2 heterocycles. The van der Waals surface area contributed by atoms with E-state index in [9.17, 15) is 9.59 Å². The second-order valence-electron chi connectivity index (χ2n) is 6.64. The van der Waals surface area contributed by atoms with Crippen LogP contribution in [0.4, 0.5) is 5.69 Å². The van der Waals surface area contributed by atoms with Crippen LogP contribution in [0.5, 0.6) is 0 Å². The molecule has 0 spiro atoms. The van der Waals surface area contributed by atoms with Crippen LogP contribution >= 0.6 is 11.6 Å². The zero-order valence-electron chi connectivity index (χ0n) is 15.1. The van der Waals surface area contributed by atoms with E-state index in [1.807, 2.05) is 42.5 Å². The van der Waals surface area contributed by atoms with Crippen molar-refractivity contribution in [2.45, 2.75) is 19.4 Å². The van der Waals surface area contributed by atoms with Crippen molar-refractivity contribution in [3.05, 3.63) is 70.9 Å². The highest BCUT2D eigenvalue weighted by molar-refractivity contribution is 6.33. The molecule has 0 bridgehead atoms. The molecule has 0 unspecified atom stereocenters. The van der Waals surface area contributed by atoms with Crippen LogP contribution in [0.1, 0.15) is 28.9 Å². The van der Waals surface area contributed by atoms with E-state index in [-0.39, 0.29) is 11.8 Å². The number of hydrogen-bond acceptors (Lipinski definition) is 3. The first-order valence-electron chi connectivity index (χ1n) is 9.09. The van der Waals surface area contributed by atoms with Crippen LogP contribution in [0.2, 0.25) is 5.02 Å². The summed E-state index contributed by atoms with van der Waals surface area (Å²) in [6, 6.07) is 16.7. The normalized spacial score (nSPS) is 13.8. The Kier molecular flexibility index (Phi) is 5.12. The zero-order valence-corrected chi connectivity index (χ0v) is 15.9. The highest BCUT2D eigenvalue weighted by atomic mass is 35.5. The van der Waals surface area contributed by atoms with Crippen molar-refractivity contribution in [3.63, 3.8) is 0 Å². The number of H-pyrrole nitrogens is 1. The van der Waals surface area contributed by atoms with E-state index in [2.05, 4.69) is 15.5 Å². The lowest BCUT2D eigenvalue weighted by atomic mass is 10.1. The van der Waals surface area contributed by atoms with Gasteiger partial charge in [-0.15, -0.1) is 0 Å². The average molecular weight is 395 g/mol. The van der Waals surface area contributed by atoms with Gasteiger partial charge in [-0.3, -0.25) is 14.7 Å². The summed E-state index contributed by atoms with van der Waals surface area (Å²) < 4.78 is 0. The Labute approximate surface area is 167 Å². The Hall–Kier alpha value is -3.12. The van der Waals surface area contributed by atoms with Crippen LogP contribution in [0, 0.1) is 0 Å². The van der Waals surface area contributed by atoms with Crippen LogP contribution in [0.25, 0.3) is 11.3 Å². The second kappa shape index (κ2) is 7.86. The Bertz CT molecular complexity index is 1010. The fraction of sp³-hybridized carbons (Fsp3) is 0.190. The number of aromatic amines is 1. The summed E-state index contributed by atoms with van der Waals surface area (Å²) in [5.41, 5.74) is 3.61. The van der Waals surface area contributed by atoms with E-state index in [1.54, 1.807) is 17.0 Å². The van der Waals surface area contributed by atoms with Crippen molar-refractivity contribution in [1.29, 1.82) is 0 Å². The molecule has 1 aliphatic heterocycles. The minimum absolute atomic E-state index is 0.162. The van der Waals surface area contributed by atoms with Gasteiger partial charge in [-0.05, 0) is 36.2 Å². The monoisotopic (exact) mass is 394 g/mol. The van der Waals surface area contributed by atoms with Gasteiger partial charge in [0.2, 0.25) is 5.91 Å². The van der Waals surface area contributed by atoms with E-state index < -0.39 is 0 Å². The Morgan fingerprint density at radius 3 is 2.68 bits per heavy atom. The topological polar surface area (TPSA) is 78.1 Å². The van der Waals surface area contributed by atoms with Gasteiger partial charge in [-0.25, -0.2) is 0 Å². The molecule has 2 aromatic carbocycles. The summed E-state index contributed by atoms with van der Waals surface area (Å²) in [6.07, 6.45) is 1.51. The summed E-state index contributed by atoms with van der Waals surface area (Å²) in [5.74, 6) is -0.0841. The Balaban J connectivity index is 1.38. The molecule has 2 N–H and O–H groups in total. The molecule has 1 saturated heterocycles. The van der Waals surface area contributed by atoms with Crippen molar-refractivity contribution in [2.24, 2.45) is 0 Å². The van der Waals surface area contributed by atoms with E-state index in [4.69, 9.17) is 11.6 Å². The lowest BCUT2D eigenvalue weighted by molar-refractivity contribution is -0.117. The first-order valence-corrected chi connectivity index (χ1v) is 9.47. The van der Waals surface area contributed by atoms with Crippen molar-refractivity contribution < 1.29 is 9.59 Å². The quantitative estimate of drug-likeness (QED) is 0.691.